The van der Waals surface area contributed by atoms with Crippen molar-refractivity contribution in [3.05, 3.63) is 0 Å². The second-order valence-corrected chi connectivity index (χ2v) is 3.99. The summed E-state index contributed by atoms with van der Waals surface area (Å²) in [5, 5.41) is 17.5. The number of hydrogen-bond acceptors (Lipinski definition) is 2. The van der Waals surface area contributed by atoms with Gasteiger partial charge in [-0.1, -0.05) is 20.8 Å². The van der Waals surface area contributed by atoms with Gasteiger partial charge in [-0.25, -0.2) is 0 Å². The molecule has 4 nitrogen and oxygen atoms in total. The topological polar surface area (TPSA) is 74.6 Å². The number of aliphatic carboxylic acids is 2. The maximum absolute atomic E-state index is 10.7. The van der Waals surface area contributed by atoms with Gasteiger partial charge in [0.15, 0.2) is 5.41 Å². The van der Waals surface area contributed by atoms with E-state index in [4.69, 9.17) is 10.2 Å². The van der Waals surface area contributed by atoms with Crippen molar-refractivity contribution in [3.8, 4) is 0 Å². The van der Waals surface area contributed by atoms with Crippen LogP contribution in [0.1, 0.15) is 27.7 Å². The van der Waals surface area contributed by atoms with Gasteiger partial charge in [-0.05, 0) is 12.3 Å². The summed E-state index contributed by atoms with van der Waals surface area (Å²) in [6.45, 7) is 6.00. The summed E-state index contributed by atoms with van der Waals surface area (Å²) in [5.74, 6) is -2.61. The molecule has 0 saturated heterocycles. The van der Waals surface area contributed by atoms with Crippen molar-refractivity contribution in [2.24, 2.45) is 10.8 Å². The van der Waals surface area contributed by atoms with Crippen molar-refractivity contribution in [1.29, 1.82) is 0 Å². The summed E-state index contributed by atoms with van der Waals surface area (Å²) in [7, 11) is 0. The van der Waals surface area contributed by atoms with E-state index in [0.717, 1.165) is 0 Å². The molecular formula is C8H16KNaO4. The van der Waals surface area contributed by atoms with Crippen molar-refractivity contribution in [1.82, 2.24) is 0 Å². The summed E-state index contributed by atoms with van der Waals surface area (Å²) < 4.78 is 0. The molecule has 6 heteroatoms. The normalized spacial score (nSPS) is 10.9. The standard InChI is InChI=1S/C8H14O4.K.Na.2H/c1-7(2,3)8(4,5(9)10)6(11)12;;;;/h1-4H3,(H,9,10)(H,11,12);;;;. The molecule has 0 aromatic carbocycles. The summed E-state index contributed by atoms with van der Waals surface area (Å²) >= 11 is 0. The SMILES string of the molecule is CC(C)(C)C(C)(C(=O)O)C(=O)O.[KH].[NaH]. The molecule has 0 heterocycles. The molecule has 0 aromatic rings. The molecule has 0 spiro atoms. The fraction of sp³-hybridized carbons (Fsp3) is 0.750. The van der Waals surface area contributed by atoms with Gasteiger partial charge < -0.3 is 10.2 Å². The van der Waals surface area contributed by atoms with Gasteiger partial charge in [0.25, 0.3) is 0 Å². The van der Waals surface area contributed by atoms with Crippen LogP contribution in [0.15, 0.2) is 0 Å². The van der Waals surface area contributed by atoms with Crippen LogP contribution in [0.25, 0.3) is 0 Å². The average molecular weight is 238 g/mol. The van der Waals surface area contributed by atoms with Crippen molar-refractivity contribution in [3.63, 3.8) is 0 Å². The van der Waals surface area contributed by atoms with Crippen LogP contribution in [-0.2, 0) is 9.59 Å². The monoisotopic (exact) mass is 238 g/mol. The molecule has 2 N–H and O–H groups in total. The average Bonchev–Trinajstić information content (AvgIpc) is 1.82. The van der Waals surface area contributed by atoms with E-state index in [1.807, 2.05) is 0 Å². The van der Waals surface area contributed by atoms with Crippen LogP contribution in [0.5, 0.6) is 0 Å². The zero-order valence-corrected chi connectivity index (χ0v) is 7.71. The number of carbonyl (C=O) groups is 2. The van der Waals surface area contributed by atoms with Gasteiger partial charge in [-0.2, -0.15) is 0 Å². The Morgan fingerprint density at radius 2 is 1.14 bits per heavy atom. The Bertz CT molecular complexity index is 208. The van der Waals surface area contributed by atoms with Crippen LogP contribution < -0.4 is 0 Å². The minimum absolute atomic E-state index is 0. The van der Waals surface area contributed by atoms with E-state index in [1.54, 1.807) is 20.8 Å². The number of rotatable bonds is 2. The molecule has 0 atom stereocenters. The summed E-state index contributed by atoms with van der Waals surface area (Å²) in [4.78, 5) is 21.5. The zero-order valence-electron chi connectivity index (χ0n) is 7.71. The summed E-state index contributed by atoms with van der Waals surface area (Å²) in [6.07, 6.45) is 0. The van der Waals surface area contributed by atoms with E-state index >= 15 is 0 Å². The Balaban J connectivity index is -0.000000605. The van der Waals surface area contributed by atoms with Crippen LogP contribution in [-0.4, -0.2) is 103 Å². The van der Waals surface area contributed by atoms with Crippen LogP contribution in [0.2, 0.25) is 0 Å². The molecule has 14 heavy (non-hydrogen) atoms. The van der Waals surface area contributed by atoms with E-state index in [1.165, 1.54) is 6.92 Å². The van der Waals surface area contributed by atoms with Gasteiger partial charge in [0, 0.05) is 0 Å². The maximum atomic E-state index is 10.7. The van der Waals surface area contributed by atoms with Crippen molar-refractivity contribution < 1.29 is 19.8 Å². The third kappa shape index (κ3) is 4.21. The molecule has 0 fully saturated rings. The van der Waals surface area contributed by atoms with Crippen molar-refractivity contribution in [2.45, 2.75) is 27.7 Å². The number of carboxylic acids is 2. The molecule has 0 aliphatic heterocycles. The van der Waals surface area contributed by atoms with E-state index < -0.39 is 22.8 Å². The van der Waals surface area contributed by atoms with Crippen molar-refractivity contribution in [2.75, 3.05) is 0 Å². The van der Waals surface area contributed by atoms with Gasteiger partial charge in [-0.15, -0.1) is 0 Å². The zero-order chi connectivity index (χ0) is 10.2. The first-order chi connectivity index (χ1) is 5.14. The van der Waals surface area contributed by atoms with Crippen LogP contribution in [0.4, 0.5) is 0 Å². The Kier molecular flexibility index (Phi) is 10.5. The fourth-order valence-corrected chi connectivity index (χ4v) is 0.733. The Hall–Kier alpha value is 1.58. The number of carboxylic acid groups (broad SMARTS) is 2. The molecule has 0 aromatic heterocycles. The summed E-state index contributed by atoms with van der Waals surface area (Å²) in [6, 6.07) is 0. The molecule has 0 rings (SSSR count). The Labute approximate surface area is 149 Å². The molecule has 0 amide bonds. The molecule has 0 radical (unpaired) electrons. The predicted octanol–water partition coefficient (Wildman–Crippen LogP) is -0.0890. The molecule has 0 aliphatic carbocycles. The van der Waals surface area contributed by atoms with E-state index in [9.17, 15) is 9.59 Å². The van der Waals surface area contributed by atoms with Gasteiger partial charge in [0.1, 0.15) is 0 Å². The van der Waals surface area contributed by atoms with Gasteiger partial charge in [0.05, 0.1) is 0 Å². The van der Waals surface area contributed by atoms with E-state index in [0.29, 0.717) is 0 Å². The molecule has 0 aliphatic rings. The molecule has 0 unspecified atom stereocenters. The quantitative estimate of drug-likeness (QED) is 0.521. The van der Waals surface area contributed by atoms with Crippen LogP contribution in [0, 0.1) is 10.8 Å². The Morgan fingerprint density at radius 1 is 0.929 bits per heavy atom. The molecule has 74 valence electrons. The van der Waals surface area contributed by atoms with Crippen LogP contribution in [0.3, 0.4) is 0 Å². The fourth-order valence-electron chi connectivity index (χ4n) is 0.733. The van der Waals surface area contributed by atoms with E-state index in [2.05, 4.69) is 0 Å². The number of hydrogen-bond donors (Lipinski definition) is 2. The molecular weight excluding hydrogens is 222 g/mol. The van der Waals surface area contributed by atoms with Gasteiger partial charge >= 0.3 is 92.9 Å². The Morgan fingerprint density at radius 3 is 1.14 bits per heavy atom. The first kappa shape index (κ1) is 20.9. The minimum atomic E-state index is -1.73. The summed E-state index contributed by atoms with van der Waals surface area (Å²) in [5.41, 5.74) is -2.53. The van der Waals surface area contributed by atoms with Crippen LogP contribution >= 0.6 is 0 Å². The first-order valence-corrected chi connectivity index (χ1v) is 3.61. The van der Waals surface area contributed by atoms with E-state index in [-0.39, 0.29) is 80.9 Å². The molecule has 0 saturated carbocycles. The third-order valence-electron chi connectivity index (χ3n) is 2.36. The third-order valence-corrected chi connectivity index (χ3v) is 2.36. The van der Waals surface area contributed by atoms with Gasteiger partial charge in [-0.3, -0.25) is 9.59 Å². The van der Waals surface area contributed by atoms with Crippen molar-refractivity contribution >= 4 is 92.9 Å². The first-order valence-electron chi connectivity index (χ1n) is 3.61. The molecule has 0 bridgehead atoms. The van der Waals surface area contributed by atoms with Gasteiger partial charge in [0.2, 0.25) is 0 Å². The second kappa shape index (κ2) is 7.01. The predicted molar refractivity (Wildman–Crippen MR) is 57.1 cm³/mol. The second-order valence-electron chi connectivity index (χ2n) is 3.99.